The zero-order valence-electron chi connectivity index (χ0n) is 20.4. The van der Waals surface area contributed by atoms with Crippen molar-refractivity contribution in [3.8, 4) is 0 Å². The first-order valence-corrected chi connectivity index (χ1v) is 13.2. The first kappa shape index (κ1) is 25.7. The smallest absolute Gasteiger partial charge is 0.410 e. The summed E-state index contributed by atoms with van der Waals surface area (Å²) in [4.78, 5) is 29.0. The van der Waals surface area contributed by atoms with Crippen LogP contribution < -0.4 is 0 Å². The first-order valence-electron chi connectivity index (χ1n) is 11.5. The number of rotatable bonds is 6. The van der Waals surface area contributed by atoms with E-state index in [1.54, 1.807) is 66.5 Å². The lowest BCUT2D eigenvalue weighted by molar-refractivity contribution is 0.0244. The van der Waals surface area contributed by atoms with Gasteiger partial charge in [0.15, 0.2) is 9.84 Å². The van der Waals surface area contributed by atoms with E-state index in [0.717, 1.165) is 12.8 Å². The number of hydrogen-bond acceptors (Lipinski definition) is 5. The molecule has 2 aromatic carbocycles. The van der Waals surface area contributed by atoms with Crippen LogP contribution in [0.5, 0.6) is 0 Å². The zero-order valence-corrected chi connectivity index (χ0v) is 21.2. The van der Waals surface area contributed by atoms with E-state index in [4.69, 9.17) is 4.74 Å². The topological polar surface area (TPSA) is 84.0 Å². The molecule has 0 aliphatic carbocycles. The molecule has 2 amide bonds. The monoisotopic (exact) mass is 486 g/mol. The quantitative estimate of drug-likeness (QED) is 0.605. The van der Waals surface area contributed by atoms with E-state index in [9.17, 15) is 18.0 Å². The molecule has 34 heavy (non-hydrogen) atoms. The van der Waals surface area contributed by atoms with Gasteiger partial charge in [-0.2, -0.15) is 0 Å². The molecule has 2 aromatic rings. The predicted octanol–water partition coefficient (Wildman–Crippen LogP) is 4.38. The van der Waals surface area contributed by atoms with E-state index in [1.165, 1.54) is 0 Å². The summed E-state index contributed by atoms with van der Waals surface area (Å²) in [5, 5.41) is 0. The maximum absolute atomic E-state index is 13.1. The van der Waals surface area contributed by atoms with Crippen molar-refractivity contribution in [1.29, 1.82) is 0 Å². The fourth-order valence-corrected chi connectivity index (χ4v) is 5.43. The molecule has 1 aliphatic rings. The molecule has 1 aliphatic heterocycles. The van der Waals surface area contributed by atoms with Crippen LogP contribution in [0.25, 0.3) is 0 Å². The van der Waals surface area contributed by atoms with Gasteiger partial charge in [0.2, 0.25) is 0 Å². The first-order chi connectivity index (χ1) is 15.9. The molecular formula is C26H34N2O5S. The third kappa shape index (κ3) is 7.06. The molecule has 1 heterocycles. The Balaban J connectivity index is 1.59. The lowest BCUT2D eigenvalue weighted by atomic mass is 9.97. The van der Waals surface area contributed by atoms with Gasteiger partial charge >= 0.3 is 6.09 Å². The summed E-state index contributed by atoms with van der Waals surface area (Å²) >= 11 is 0. The van der Waals surface area contributed by atoms with Crippen molar-refractivity contribution < 1.29 is 22.7 Å². The Morgan fingerprint density at radius 1 is 1.06 bits per heavy atom. The van der Waals surface area contributed by atoms with E-state index in [2.05, 4.69) is 0 Å². The van der Waals surface area contributed by atoms with Crippen molar-refractivity contribution in [1.82, 2.24) is 9.80 Å². The highest BCUT2D eigenvalue weighted by Crippen LogP contribution is 2.22. The standard InChI is InChI=1S/C26H34N2O5S/c1-26(2,3)33-25(30)27(4)17-21-9-8-16-28(18-21)24(29)22-14-12-20(13-15-22)19-34(31,32)23-10-6-5-7-11-23/h5-7,10-15,21H,8-9,16-19H2,1-4H3. The minimum Gasteiger partial charge on any atom is -0.444 e. The number of piperidine rings is 1. The molecule has 184 valence electrons. The normalized spacial score (nSPS) is 16.7. The molecular weight excluding hydrogens is 452 g/mol. The highest BCUT2D eigenvalue weighted by Gasteiger charge is 2.28. The number of sulfone groups is 1. The van der Waals surface area contributed by atoms with E-state index in [1.807, 2.05) is 25.7 Å². The van der Waals surface area contributed by atoms with Gasteiger partial charge in [-0.05, 0) is 69.4 Å². The summed E-state index contributed by atoms with van der Waals surface area (Å²) in [5.41, 5.74) is 0.616. The number of hydrogen-bond donors (Lipinski definition) is 0. The maximum atomic E-state index is 13.1. The molecule has 0 aromatic heterocycles. The second kappa shape index (κ2) is 10.6. The number of ether oxygens (including phenoxy) is 1. The van der Waals surface area contributed by atoms with Crippen molar-refractivity contribution >= 4 is 21.8 Å². The van der Waals surface area contributed by atoms with Crippen LogP contribution in [0.3, 0.4) is 0 Å². The van der Waals surface area contributed by atoms with E-state index in [0.29, 0.717) is 30.8 Å². The van der Waals surface area contributed by atoms with Gasteiger partial charge in [-0.1, -0.05) is 30.3 Å². The Labute approximate surface area is 202 Å². The molecule has 0 bridgehead atoms. The van der Waals surface area contributed by atoms with Crippen LogP contribution in [0.4, 0.5) is 4.79 Å². The number of carbonyl (C=O) groups excluding carboxylic acids is 2. The maximum Gasteiger partial charge on any atom is 0.410 e. The van der Waals surface area contributed by atoms with Crippen LogP contribution in [0.2, 0.25) is 0 Å². The predicted molar refractivity (Wildman–Crippen MR) is 131 cm³/mol. The third-order valence-electron chi connectivity index (χ3n) is 5.70. The van der Waals surface area contributed by atoms with Crippen LogP contribution in [-0.2, 0) is 20.3 Å². The van der Waals surface area contributed by atoms with Crippen LogP contribution >= 0.6 is 0 Å². The van der Waals surface area contributed by atoms with Crippen LogP contribution in [0.15, 0.2) is 59.5 Å². The summed E-state index contributed by atoms with van der Waals surface area (Å²) in [6.45, 7) is 7.26. The second-order valence-electron chi connectivity index (χ2n) is 9.89. The molecule has 0 radical (unpaired) electrons. The molecule has 1 atom stereocenters. The van der Waals surface area contributed by atoms with E-state index in [-0.39, 0.29) is 28.6 Å². The average molecular weight is 487 g/mol. The van der Waals surface area contributed by atoms with Gasteiger partial charge in [-0.25, -0.2) is 13.2 Å². The minimum atomic E-state index is -3.44. The highest BCUT2D eigenvalue weighted by atomic mass is 32.2. The van der Waals surface area contributed by atoms with Crippen LogP contribution in [0, 0.1) is 5.92 Å². The van der Waals surface area contributed by atoms with Gasteiger partial charge < -0.3 is 14.5 Å². The SMILES string of the molecule is CN(CC1CCCN(C(=O)c2ccc(CS(=O)(=O)c3ccccc3)cc2)C1)C(=O)OC(C)(C)C. The minimum absolute atomic E-state index is 0.0814. The molecule has 8 heteroatoms. The van der Waals surface area contributed by atoms with Crippen LogP contribution in [0.1, 0.15) is 49.5 Å². The molecule has 0 spiro atoms. The average Bonchev–Trinajstić information content (AvgIpc) is 2.78. The number of carbonyl (C=O) groups is 2. The van der Waals surface area contributed by atoms with E-state index >= 15 is 0 Å². The Kier molecular flexibility index (Phi) is 8.02. The van der Waals surface area contributed by atoms with Crippen molar-refractivity contribution in [2.75, 3.05) is 26.7 Å². The summed E-state index contributed by atoms with van der Waals surface area (Å²) < 4.78 is 30.6. The molecule has 1 unspecified atom stereocenters. The van der Waals surface area contributed by atoms with Crippen LogP contribution in [-0.4, -0.2) is 62.5 Å². The number of nitrogens with zero attached hydrogens (tertiary/aromatic N) is 2. The van der Waals surface area contributed by atoms with Crippen molar-refractivity contribution in [2.45, 2.75) is 49.9 Å². The van der Waals surface area contributed by atoms with Crippen molar-refractivity contribution in [3.63, 3.8) is 0 Å². The molecule has 0 saturated carbocycles. The zero-order chi connectivity index (χ0) is 24.9. The summed E-state index contributed by atoms with van der Waals surface area (Å²) in [5.74, 6) is -0.0264. The van der Waals surface area contributed by atoms with Gasteiger partial charge in [0.05, 0.1) is 10.6 Å². The number of benzene rings is 2. The van der Waals surface area contributed by atoms with Gasteiger partial charge in [-0.15, -0.1) is 0 Å². The van der Waals surface area contributed by atoms with Gasteiger partial charge in [-0.3, -0.25) is 4.79 Å². The second-order valence-corrected chi connectivity index (χ2v) is 11.9. The largest absolute Gasteiger partial charge is 0.444 e. The highest BCUT2D eigenvalue weighted by molar-refractivity contribution is 7.90. The van der Waals surface area contributed by atoms with Gasteiger partial charge in [0.25, 0.3) is 5.91 Å². The lowest BCUT2D eigenvalue weighted by Crippen LogP contribution is -2.45. The Morgan fingerprint density at radius 3 is 2.32 bits per heavy atom. The molecule has 7 nitrogen and oxygen atoms in total. The number of amides is 2. The summed E-state index contributed by atoms with van der Waals surface area (Å²) in [6.07, 6.45) is 1.44. The van der Waals surface area contributed by atoms with Crippen molar-refractivity contribution in [2.24, 2.45) is 5.92 Å². The number of likely N-dealkylation sites (tertiary alicyclic amines) is 1. The van der Waals surface area contributed by atoms with Gasteiger partial charge in [0.1, 0.15) is 5.60 Å². The molecule has 0 N–H and O–H groups in total. The Morgan fingerprint density at radius 2 is 1.71 bits per heavy atom. The van der Waals surface area contributed by atoms with Crippen molar-refractivity contribution in [3.05, 3.63) is 65.7 Å². The third-order valence-corrected chi connectivity index (χ3v) is 7.41. The van der Waals surface area contributed by atoms with E-state index < -0.39 is 15.4 Å². The summed E-state index contributed by atoms with van der Waals surface area (Å²) in [6, 6.07) is 15.1. The fourth-order valence-electron chi connectivity index (χ4n) is 4.06. The molecule has 1 saturated heterocycles. The lowest BCUT2D eigenvalue weighted by Gasteiger charge is -2.35. The molecule has 3 rings (SSSR count). The van der Waals surface area contributed by atoms with Gasteiger partial charge in [0, 0.05) is 32.2 Å². The Bertz CT molecular complexity index is 1090. The Hall–Kier alpha value is -2.87. The molecule has 1 fully saturated rings. The summed E-state index contributed by atoms with van der Waals surface area (Å²) in [7, 11) is -1.72. The fraction of sp³-hybridized carbons (Fsp3) is 0.462.